The lowest BCUT2D eigenvalue weighted by atomic mass is 9.98. The molecule has 1 heterocycles. The number of nitrogens with two attached hydrogens (primary N) is 1. The van der Waals surface area contributed by atoms with Crippen LogP contribution in [0.25, 0.3) is 0 Å². The van der Waals surface area contributed by atoms with Crippen molar-refractivity contribution in [3.05, 3.63) is 24.0 Å². The molecule has 1 aromatic heterocycles. The van der Waals surface area contributed by atoms with Crippen molar-refractivity contribution in [2.24, 2.45) is 11.7 Å². The van der Waals surface area contributed by atoms with Crippen LogP contribution in [0.2, 0.25) is 0 Å². The summed E-state index contributed by atoms with van der Waals surface area (Å²) in [4.78, 5) is 4.05. The molecule has 1 aliphatic rings. The van der Waals surface area contributed by atoms with Crippen LogP contribution >= 0.6 is 0 Å². The van der Waals surface area contributed by atoms with E-state index in [1.54, 1.807) is 6.20 Å². The van der Waals surface area contributed by atoms with Crippen LogP contribution in [0.5, 0.6) is 0 Å². The van der Waals surface area contributed by atoms with Gasteiger partial charge in [0.2, 0.25) is 0 Å². The predicted octanol–water partition coefficient (Wildman–Crippen LogP) is 1.88. The molecule has 90 valence electrons. The van der Waals surface area contributed by atoms with Gasteiger partial charge in [-0.2, -0.15) is 5.26 Å². The lowest BCUT2D eigenvalue weighted by Crippen LogP contribution is -2.35. The van der Waals surface area contributed by atoms with E-state index in [1.807, 2.05) is 12.1 Å². The highest BCUT2D eigenvalue weighted by Gasteiger charge is 2.24. The zero-order valence-electron chi connectivity index (χ0n) is 9.89. The molecule has 0 aromatic carbocycles. The third-order valence-corrected chi connectivity index (χ3v) is 3.48. The van der Waals surface area contributed by atoms with Gasteiger partial charge in [0.25, 0.3) is 0 Å². The van der Waals surface area contributed by atoms with Crippen molar-refractivity contribution < 1.29 is 0 Å². The lowest BCUT2D eigenvalue weighted by molar-refractivity contribution is 0.462. The van der Waals surface area contributed by atoms with Gasteiger partial charge < -0.3 is 11.1 Å². The zero-order chi connectivity index (χ0) is 12.1. The first-order chi connectivity index (χ1) is 8.35. The Bertz CT molecular complexity index is 404. The average molecular weight is 230 g/mol. The van der Waals surface area contributed by atoms with Crippen molar-refractivity contribution in [2.75, 3.05) is 11.9 Å². The first kappa shape index (κ1) is 11.9. The molecule has 1 unspecified atom stereocenters. The number of hydrogen-bond acceptors (Lipinski definition) is 4. The molecular weight excluding hydrogens is 212 g/mol. The van der Waals surface area contributed by atoms with E-state index < -0.39 is 0 Å². The van der Waals surface area contributed by atoms with Crippen LogP contribution in [0.15, 0.2) is 18.3 Å². The summed E-state index contributed by atoms with van der Waals surface area (Å²) in [6.07, 6.45) is 6.69. The molecule has 17 heavy (non-hydrogen) atoms. The molecule has 1 aromatic rings. The Morgan fingerprint density at radius 2 is 2.29 bits per heavy atom. The van der Waals surface area contributed by atoms with Gasteiger partial charge in [-0.05, 0) is 30.9 Å². The molecule has 0 amide bonds. The molecular formula is C13H18N4. The molecule has 0 saturated heterocycles. The van der Waals surface area contributed by atoms with Crippen molar-refractivity contribution >= 4 is 5.69 Å². The second-order valence-corrected chi connectivity index (χ2v) is 4.54. The fourth-order valence-electron chi connectivity index (χ4n) is 2.54. The normalized spacial score (nSPS) is 17.6. The Morgan fingerprint density at radius 1 is 1.53 bits per heavy atom. The monoisotopic (exact) mass is 230 g/mol. The van der Waals surface area contributed by atoms with E-state index in [-0.39, 0.29) is 6.04 Å². The third-order valence-electron chi connectivity index (χ3n) is 3.48. The van der Waals surface area contributed by atoms with Crippen LogP contribution in [-0.4, -0.2) is 17.6 Å². The van der Waals surface area contributed by atoms with Crippen LogP contribution in [0.3, 0.4) is 0 Å². The predicted molar refractivity (Wildman–Crippen MR) is 67.4 cm³/mol. The van der Waals surface area contributed by atoms with Gasteiger partial charge in [0.05, 0.1) is 5.69 Å². The Kier molecular flexibility index (Phi) is 3.94. The molecule has 4 nitrogen and oxygen atoms in total. The topological polar surface area (TPSA) is 74.7 Å². The van der Waals surface area contributed by atoms with Crippen molar-refractivity contribution in [1.29, 1.82) is 5.26 Å². The summed E-state index contributed by atoms with van der Waals surface area (Å²) in [5, 5.41) is 12.4. The van der Waals surface area contributed by atoms with Gasteiger partial charge in [-0.3, -0.25) is 0 Å². The minimum Gasteiger partial charge on any atom is -0.378 e. The molecule has 0 bridgehead atoms. The van der Waals surface area contributed by atoms with Crippen molar-refractivity contribution in [3.8, 4) is 6.07 Å². The highest BCUT2D eigenvalue weighted by atomic mass is 15.0. The number of nitriles is 1. The van der Waals surface area contributed by atoms with E-state index in [9.17, 15) is 0 Å². The molecule has 1 atom stereocenters. The number of nitrogens with one attached hydrogen (secondary N) is 1. The highest BCUT2D eigenvalue weighted by molar-refractivity contribution is 5.54. The first-order valence-electron chi connectivity index (χ1n) is 6.17. The van der Waals surface area contributed by atoms with Crippen LogP contribution in [0.1, 0.15) is 31.4 Å². The highest BCUT2D eigenvalue weighted by Crippen LogP contribution is 2.29. The first-order valence-corrected chi connectivity index (χ1v) is 6.17. The molecule has 0 spiro atoms. The molecule has 3 N–H and O–H groups in total. The summed E-state index contributed by atoms with van der Waals surface area (Å²) in [6.45, 7) is 0.602. The number of aromatic nitrogens is 1. The molecule has 2 rings (SSSR count). The van der Waals surface area contributed by atoms with Gasteiger partial charge in [-0.1, -0.05) is 12.8 Å². The Labute approximate surface area is 102 Å². The van der Waals surface area contributed by atoms with Gasteiger partial charge in [0, 0.05) is 18.8 Å². The maximum atomic E-state index is 8.99. The van der Waals surface area contributed by atoms with Gasteiger partial charge in [0.15, 0.2) is 5.69 Å². The van der Waals surface area contributed by atoms with Gasteiger partial charge in [-0.15, -0.1) is 0 Å². The SMILES string of the molecule is N#Cc1ncccc1NC(CN)C1CCCC1. The Hall–Kier alpha value is -1.60. The largest absolute Gasteiger partial charge is 0.378 e. The van der Waals surface area contributed by atoms with Crippen molar-refractivity contribution in [3.63, 3.8) is 0 Å². The number of anilines is 1. The number of rotatable bonds is 4. The minimum atomic E-state index is 0.258. The zero-order valence-corrected chi connectivity index (χ0v) is 9.89. The quantitative estimate of drug-likeness (QED) is 0.828. The fourth-order valence-corrected chi connectivity index (χ4v) is 2.54. The maximum Gasteiger partial charge on any atom is 0.163 e. The number of nitrogens with zero attached hydrogens (tertiary/aromatic N) is 2. The summed E-state index contributed by atoms with van der Waals surface area (Å²) in [7, 11) is 0. The molecule has 1 aliphatic carbocycles. The van der Waals surface area contributed by atoms with Gasteiger partial charge >= 0.3 is 0 Å². The van der Waals surface area contributed by atoms with Crippen LogP contribution < -0.4 is 11.1 Å². The Balaban J connectivity index is 2.10. The van der Waals surface area contributed by atoms with Crippen molar-refractivity contribution in [2.45, 2.75) is 31.7 Å². The van der Waals surface area contributed by atoms with Crippen LogP contribution in [0, 0.1) is 17.2 Å². The van der Waals surface area contributed by atoms with E-state index in [4.69, 9.17) is 11.0 Å². The van der Waals surface area contributed by atoms with Crippen LogP contribution in [-0.2, 0) is 0 Å². The smallest absolute Gasteiger partial charge is 0.163 e. The summed E-state index contributed by atoms with van der Waals surface area (Å²) in [6, 6.07) is 6.09. The second-order valence-electron chi connectivity index (χ2n) is 4.54. The molecule has 0 radical (unpaired) electrons. The molecule has 0 aliphatic heterocycles. The summed E-state index contributed by atoms with van der Waals surface area (Å²) < 4.78 is 0. The lowest BCUT2D eigenvalue weighted by Gasteiger charge is -2.24. The summed E-state index contributed by atoms with van der Waals surface area (Å²) in [5.41, 5.74) is 7.08. The van der Waals surface area contributed by atoms with Crippen LogP contribution in [0.4, 0.5) is 5.69 Å². The fraction of sp³-hybridized carbons (Fsp3) is 0.538. The van der Waals surface area contributed by atoms with E-state index in [1.165, 1.54) is 25.7 Å². The van der Waals surface area contributed by atoms with E-state index in [2.05, 4.69) is 16.4 Å². The number of hydrogen-bond donors (Lipinski definition) is 2. The third kappa shape index (κ3) is 2.75. The molecule has 1 fully saturated rings. The van der Waals surface area contributed by atoms with Gasteiger partial charge in [-0.25, -0.2) is 4.98 Å². The molecule has 4 heteroatoms. The van der Waals surface area contributed by atoms with Gasteiger partial charge in [0.1, 0.15) is 6.07 Å². The maximum absolute atomic E-state index is 8.99. The standard InChI is InChI=1S/C13H18N4/c14-8-12(10-4-1-2-5-10)17-11-6-3-7-16-13(11)9-15/h3,6-7,10,12,17H,1-2,4-5,8,14H2. The van der Waals surface area contributed by atoms with Crippen molar-refractivity contribution in [1.82, 2.24) is 4.98 Å². The molecule has 1 saturated carbocycles. The average Bonchev–Trinajstić information content (AvgIpc) is 2.90. The second kappa shape index (κ2) is 5.65. The summed E-state index contributed by atoms with van der Waals surface area (Å²) >= 11 is 0. The van der Waals surface area contributed by atoms with E-state index >= 15 is 0 Å². The Morgan fingerprint density at radius 3 is 2.94 bits per heavy atom. The summed E-state index contributed by atoms with van der Waals surface area (Å²) in [5.74, 6) is 0.631. The van der Waals surface area contributed by atoms with E-state index in [0.717, 1.165) is 5.69 Å². The minimum absolute atomic E-state index is 0.258. The number of pyridine rings is 1. The van der Waals surface area contributed by atoms with E-state index in [0.29, 0.717) is 18.2 Å².